The molecular formula is C21H27FN4O2. The van der Waals surface area contributed by atoms with Crippen LogP contribution in [0.5, 0.6) is 5.88 Å². The molecule has 2 aromatic rings. The van der Waals surface area contributed by atoms with Crippen molar-refractivity contribution in [2.45, 2.75) is 26.7 Å². The molecule has 0 radical (unpaired) electrons. The molecule has 28 heavy (non-hydrogen) atoms. The van der Waals surface area contributed by atoms with Crippen LogP contribution in [-0.2, 0) is 0 Å². The Labute approximate surface area is 165 Å². The number of benzene rings is 1. The number of carbonyl (C=O) groups is 1. The first-order valence-corrected chi connectivity index (χ1v) is 9.51. The number of carbonyl (C=O) groups excluding carboxylic acids is 1. The smallest absolute Gasteiger partial charge is 0.322 e. The van der Waals surface area contributed by atoms with Crippen LogP contribution in [0.4, 0.5) is 20.6 Å². The number of anilines is 2. The fraction of sp³-hybridized carbons (Fsp3) is 0.429. The van der Waals surface area contributed by atoms with Crippen LogP contribution in [0.1, 0.15) is 31.0 Å². The lowest BCUT2D eigenvalue weighted by atomic mass is 10.0. The Kier molecular flexibility index (Phi) is 6.02. The number of nitrogens with zero attached hydrogens (tertiary/aromatic N) is 3. The van der Waals surface area contributed by atoms with Gasteiger partial charge >= 0.3 is 6.03 Å². The number of ether oxygens (including phenoxy) is 1. The molecule has 0 saturated carbocycles. The molecule has 2 heterocycles. The van der Waals surface area contributed by atoms with Crippen molar-refractivity contribution < 1.29 is 13.9 Å². The molecule has 0 unspecified atom stereocenters. The summed E-state index contributed by atoms with van der Waals surface area (Å²) in [5.41, 5.74) is 3.11. The predicted molar refractivity (Wildman–Crippen MR) is 109 cm³/mol. The molecule has 1 saturated heterocycles. The molecule has 1 aliphatic rings. The van der Waals surface area contributed by atoms with Crippen LogP contribution in [0, 0.1) is 12.7 Å². The number of aromatic nitrogens is 1. The van der Waals surface area contributed by atoms with Gasteiger partial charge in [0, 0.05) is 31.9 Å². The van der Waals surface area contributed by atoms with Gasteiger partial charge in [-0.05, 0) is 36.6 Å². The third-order valence-corrected chi connectivity index (χ3v) is 5.03. The van der Waals surface area contributed by atoms with E-state index in [2.05, 4.69) is 24.1 Å². The maximum atomic E-state index is 14.0. The first-order valence-electron chi connectivity index (χ1n) is 9.51. The number of aryl methyl sites for hydroxylation is 1. The summed E-state index contributed by atoms with van der Waals surface area (Å²) in [4.78, 5) is 20.9. The summed E-state index contributed by atoms with van der Waals surface area (Å²) >= 11 is 0. The number of urea groups is 1. The topological polar surface area (TPSA) is 57.7 Å². The molecule has 2 amide bonds. The average molecular weight is 386 g/mol. The highest BCUT2D eigenvalue weighted by Crippen LogP contribution is 2.29. The molecule has 150 valence electrons. The van der Waals surface area contributed by atoms with Crippen LogP contribution in [0.2, 0.25) is 0 Å². The Bertz CT molecular complexity index is 848. The van der Waals surface area contributed by atoms with Crippen molar-refractivity contribution in [1.29, 1.82) is 0 Å². The molecule has 1 aromatic carbocycles. The van der Waals surface area contributed by atoms with Crippen molar-refractivity contribution in [2.75, 3.05) is 43.5 Å². The minimum atomic E-state index is -0.239. The van der Waals surface area contributed by atoms with E-state index in [1.54, 1.807) is 24.1 Å². The lowest BCUT2D eigenvalue weighted by Gasteiger charge is -2.36. The van der Waals surface area contributed by atoms with Crippen molar-refractivity contribution in [3.05, 3.63) is 47.4 Å². The van der Waals surface area contributed by atoms with Gasteiger partial charge in [-0.15, -0.1) is 0 Å². The van der Waals surface area contributed by atoms with Crippen LogP contribution in [0.15, 0.2) is 30.3 Å². The molecule has 0 atom stereocenters. The molecule has 6 nitrogen and oxygen atoms in total. The van der Waals surface area contributed by atoms with Crippen molar-refractivity contribution >= 4 is 17.4 Å². The molecule has 0 bridgehead atoms. The third kappa shape index (κ3) is 4.18. The number of amides is 2. The zero-order valence-corrected chi connectivity index (χ0v) is 16.8. The van der Waals surface area contributed by atoms with Crippen LogP contribution in [0.25, 0.3) is 0 Å². The summed E-state index contributed by atoms with van der Waals surface area (Å²) in [6.45, 7) is 8.29. The van der Waals surface area contributed by atoms with Crippen molar-refractivity contribution in [3.8, 4) is 5.88 Å². The van der Waals surface area contributed by atoms with Gasteiger partial charge in [-0.3, -0.25) is 0 Å². The molecule has 1 aliphatic heterocycles. The minimum Gasteiger partial charge on any atom is -0.480 e. The average Bonchev–Trinajstić information content (AvgIpc) is 2.69. The molecule has 1 fully saturated rings. The molecular weight excluding hydrogens is 359 g/mol. The zero-order chi connectivity index (χ0) is 20.3. The first-order chi connectivity index (χ1) is 13.4. The number of para-hydroxylation sites is 1. The van der Waals surface area contributed by atoms with Gasteiger partial charge in [-0.25, -0.2) is 14.2 Å². The predicted octanol–water partition coefficient (Wildman–Crippen LogP) is 4.02. The Morgan fingerprint density at radius 1 is 1.21 bits per heavy atom. The maximum Gasteiger partial charge on any atom is 0.322 e. The number of hydrogen-bond donors (Lipinski definition) is 1. The van der Waals surface area contributed by atoms with E-state index >= 15 is 0 Å². The standard InChI is InChI=1S/C21H27FN4O2/c1-14(2)16-13-18(20(28-4)23-15(16)3)24-21(27)26-11-9-25(10-12-26)19-8-6-5-7-17(19)22/h5-8,13-14H,9-12H2,1-4H3,(H,24,27). The zero-order valence-electron chi connectivity index (χ0n) is 16.8. The maximum absolute atomic E-state index is 14.0. The van der Waals surface area contributed by atoms with Gasteiger partial charge in [0.25, 0.3) is 0 Å². The molecule has 1 N–H and O–H groups in total. The number of piperazine rings is 1. The summed E-state index contributed by atoms with van der Waals surface area (Å²) in [5.74, 6) is 0.454. The van der Waals surface area contributed by atoms with E-state index in [1.807, 2.05) is 24.0 Å². The van der Waals surface area contributed by atoms with E-state index in [4.69, 9.17) is 4.74 Å². The van der Waals surface area contributed by atoms with Gasteiger partial charge in [0.2, 0.25) is 5.88 Å². The third-order valence-electron chi connectivity index (χ3n) is 5.03. The lowest BCUT2D eigenvalue weighted by Crippen LogP contribution is -2.50. The number of hydrogen-bond acceptors (Lipinski definition) is 4. The Hall–Kier alpha value is -2.83. The monoisotopic (exact) mass is 386 g/mol. The number of rotatable bonds is 4. The van der Waals surface area contributed by atoms with Gasteiger partial charge in [-0.2, -0.15) is 0 Å². The van der Waals surface area contributed by atoms with E-state index in [0.29, 0.717) is 49.4 Å². The van der Waals surface area contributed by atoms with E-state index in [0.717, 1.165) is 11.3 Å². The van der Waals surface area contributed by atoms with E-state index in [-0.39, 0.29) is 11.8 Å². The highest BCUT2D eigenvalue weighted by molar-refractivity contribution is 5.91. The highest BCUT2D eigenvalue weighted by atomic mass is 19.1. The summed E-state index contributed by atoms with van der Waals surface area (Å²) in [5, 5.41) is 2.93. The number of nitrogens with one attached hydrogen (secondary N) is 1. The minimum absolute atomic E-state index is 0.202. The normalized spacial score (nSPS) is 14.4. The number of pyridine rings is 1. The molecule has 0 spiro atoms. The molecule has 0 aliphatic carbocycles. The van der Waals surface area contributed by atoms with Crippen molar-refractivity contribution in [2.24, 2.45) is 0 Å². The Balaban J connectivity index is 1.68. The molecule has 1 aromatic heterocycles. The van der Waals surface area contributed by atoms with E-state index < -0.39 is 0 Å². The number of halogens is 1. The first kappa shape index (κ1) is 19.9. The quantitative estimate of drug-likeness (QED) is 0.862. The van der Waals surface area contributed by atoms with Crippen LogP contribution < -0.4 is 15.0 Å². The SMILES string of the molecule is COc1nc(C)c(C(C)C)cc1NC(=O)N1CCN(c2ccccc2F)CC1. The van der Waals surface area contributed by atoms with Crippen molar-refractivity contribution in [1.82, 2.24) is 9.88 Å². The Morgan fingerprint density at radius 2 is 1.89 bits per heavy atom. The molecule has 3 rings (SSSR count). The van der Waals surface area contributed by atoms with Crippen LogP contribution in [0.3, 0.4) is 0 Å². The summed E-state index contributed by atoms with van der Waals surface area (Å²) in [7, 11) is 1.54. The number of methoxy groups -OCH3 is 1. The second-order valence-electron chi connectivity index (χ2n) is 7.23. The van der Waals surface area contributed by atoms with Gasteiger partial charge < -0.3 is 19.9 Å². The van der Waals surface area contributed by atoms with Crippen LogP contribution in [-0.4, -0.2) is 49.2 Å². The van der Waals surface area contributed by atoms with Crippen molar-refractivity contribution in [3.63, 3.8) is 0 Å². The van der Waals surface area contributed by atoms with E-state index in [9.17, 15) is 9.18 Å². The highest BCUT2D eigenvalue weighted by Gasteiger charge is 2.24. The fourth-order valence-corrected chi connectivity index (χ4v) is 3.48. The van der Waals surface area contributed by atoms with Crippen LogP contribution >= 0.6 is 0 Å². The van der Waals surface area contributed by atoms with E-state index in [1.165, 1.54) is 6.07 Å². The summed E-state index contributed by atoms with van der Waals surface area (Å²) in [6.07, 6.45) is 0. The fourth-order valence-electron chi connectivity index (χ4n) is 3.48. The Morgan fingerprint density at radius 3 is 2.50 bits per heavy atom. The van der Waals surface area contributed by atoms with Gasteiger partial charge in [0.15, 0.2) is 0 Å². The summed E-state index contributed by atoms with van der Waals surface area (Å²) < 4.78 is 19.3. The van der Waals surface area contributed by atoms with Gasteiger partial charge in [0.05, 0.1) is 12.8 Å². The second kappa shape index (κ2) is 8.46. The largest absolute Gasteiger partial charge is 0.480 e. The van der Waals surface area contributed by atoms with Gasteiger partial charge in [-0.1, -0.05) is 26.0 Å². The summed E-state index contributed by atoms with van der Waals surface area (Å²) in [6, 6.07) is 8.45. The lowest BCUT2D eigenvalue weighted by molar-refractivity contribution is 0.208. The molecule has 7 heteroatoms. The second-order valence-corrected chi connectivity index (χ2v) is 7.23. The van der Waals surface area contributed by atoms with Gasteiger partial charge in [0.1, 0.15) is 11.5 Å².